The Kier molecular flexibility index (Phi) is 3.69. The SMILES string of the molecule is CC1(C)CC1CNS(=O)(=O)c1cc(CNC2CC2)cs1. The van der Waals surface area contributed by atoms with E-state index in [1.54, 1.807) is 6.07 Å². The largest absolute Gasteiger partial charge is 0.310 e. The molecule has 2 saturated carbocycles. The molecule has 1 heterocycles. The van der Waals surface area contributed by atoms with Crippen LogP contribution in [0.4, 0.5) is 0 Å². The maximum absolute atomic E-state index is 12.2. The molecule has 0 amide bonds. The first-order valence-corrected chi connectivity index (χ1v) is 9.53. The van der Waals surface area contributed by atoms with Crippen LogP contribution < -0.4 is 10.0 Å². The zero-order valence-electron chi connectivity index (χ0n) is 12.0. The predicted molar refractivity (Wildman–Crippen MR) is 81.3 cm³/mol. The molecule has 0 aromatic carbocycles. The molecule has 2 aliphatic carbocycles. The van der Waals surface area contributed by atoms with Crippen LogP contribution in [0.1, 0.15) is 38.7 Å². The minimum absolute atomic E-state index is 0.303. The van der Waals surface area contributed by atoms with Gasteiger partial charge in [-0.2, -0.15) is 0 Å². The van der Waals surface area contributed by atoms with Gasteiger partial charge in [-0.15, -0.1) is 11.3 Å². The fourth-order valence-corrected chi connectivity index (χ4v) is 4.68. The van der Waals surface area contributed by atoms with Crippen molar-refractivity contribution in [3.05, 3.63) is 17.0 Å². The number of rotatable bonds is 7. The van der Waals surface area contributed by atoms with E-state index in [1.807, 2.05) is 5.38 Å². The molecule has 1 unspecified atom stereocenters. The van der Waals surface area contributed by atoms with Crippen molar-refractivity contribution in [1.82, 2.24) is 10.0 Å². The summed E-state index contributed by atoms with van der Waals surface area (Å²) in [6.07, 6.45) is 3.60. The van der Waals surface area contributed by atoms with E-state index in [0.717, 1.165) is 18.5 Å². The second-order valence-electron chi connectivity index (χ2n) is 6.67. The number of nitrogens with one attached hydrogen (secondary N) is 2. The molecule has 0 radical (unpaired) electrons. The minimum Gasteiger partial charge on any atom is -0.310 e. The van der Waals surface area contributed by atoms with Gasteiger partial charge < -0.3 is 5.32 Å². The summed E-state index contributed by atoms with van der Waals surface area (Å²) in [4.78, 5) is 0. The van der Waals surface area contributed by atoms with Gasteiger partial charge in [0.15, 0.2) is 0 Å². The number of sulfonamides is 1. The van der Waals surface area contributed by atoms with Crippen molar-refractivity contribution >= 4 is 21.4 Å². The average molecular weight is 314 g/mol. The molecular weight excluding hydrogens is 292 g/mol. The molecule has 4 nitrogen and oxygen atoms in total. The van der Waals surface area contributed by atoms with Crippen LogP contribution in [0.2, 0.25) is 0 Å². The lowest BCUT2D eigenvalue weighted by atomic mass is 10.1. The third-order valence-corrected chi connectivity index (χ3v) is 7.22. The molecule has 3 rings (SSSR count). The average Bonchev–Trinajstić information content (AvgIpc) is 3.24. The van der Waals surface area contributed by atoms with Crippen molar-refractivity contribution in [2.75, 3.05) is 6.54 Å². The molecule has 0 saturated heterocycles. The van der Waals surface area contributed by atoms with Crippen LogP contribution in [-0.2, 0) is 16.6 Å². The van der Waals surface area contributed by atoms with Crippen LogP contribution >= 0.6 is 11.3 Å². The number of thiophene rings is 1. The normalized spacial score (nSPS) is 24.8. The summed E-state index contributed by atoms with van der Waals surface area (Å²) in [5.41, 5.74) is 1.37. The Labute approximate surface area is 125 Å². The van der Waals surface area contributed by atoms with Crippen LogP contribution in [-0.4, -0.2) is 21.0 Å². The van der Waals surface area contributed by atoms with E-state index in [9.17, 15) is 8.42 Å². The monoisotopic (exact) mass is 314 g/mol. The van der Waals surface area contributed by atoms with Crippen molar-refractivity contribution < 1.29 is 8.42 Å². The molecule has 112 valence electrons. The van der Waals surface area contributed by atoms with Gasteiger partial charge in [-0.05, 0) is 47.6 Å². The zero-order chi connectivity index (χ0) is 14.4. The van der Waals surface area contributed by atoms with Crippen molar-refractivity contribution in [2.24, 2.45) is 11.3 Å². The van der Waals surface area contributed by atoms with Crippen LogP contribution in [0.3, 0.4) is 0 Å². The molecule has 2 N–H and O–H groups in total. The van der Waals surface area contributed by atoms with Gasteiger partial charge in [0.1, 0.15) is 4.21 Å². The Bertz CT molecular complexity index is 588. The van der Waals surface area contributed by atoms with Crippen LogP contribution in [0.25, 0.3) is 0 Å². The lowest BCUT2D eigenvalue weighted by Gasteiger charge is -2.06. The van der Waals surface area contributed by atoms with E-state index in [0.29, 0.717) is 28.1 Å². The summed E-state index contributed by atoms with van der Waals surface area (Å²) >= 11 is 1.31. The molecule has 0 spiro atoms. The van der Waals surface area contributed by atoms with Crippen LogP contribution in [0.15, 0.2) is 15.7 Å². The van der Waals surface area contributed by atoms with E-state index in [2.05, 4.69) is 23.9 Å². The fraction of sp³-hybridized carbons (Fsp3) is 0.714. The maximum atomic E-state index is 12.2. The fourth-order valence-electron chi connectivity index (χ4n) is 2.34. The highest BCUT2D eigenvalue weighted by Gasteiger charge is 2.45. The molecule has 1 aromatic heterocycles. The van der Waals surface area contributed by atoms with E-state index in [4.69, 9.17) is 0 Å². The van der Waals surface area contributed by atoms with Gasteiger partial charge in [0.2, 0.25) is 10.0 Å². The van der Waals surface area contributed by atoms with E-state index >= 15 is 0 Å². The molecule has 2 aliphatic rings. The lowest BCUT2D eigenvalue weighted by molar-refractivity contribution is 0.538. The smallest absolute Gasteiger partial charge is 0.250 e. The molecule has 0 aliphatic heterocycles. The van der Waals surface area contributed by atoms with Gasteiger partial charge in [-0.25, -0.2) is 13.1 Å². The van der Waals surface area contributed by atoms with Crippen molar-refractivity contribution in [1.29, 1.82) is 0 Å². The van der Waals surface area contributed by atoms with Crippen molar-refractivity contribution in [2.45, 2.75) is 49.9 Å². The van der Waals surface area contributed by atoms with E-state index < -0.39 is 10.0 Å². The van der Waals surface area contributed by atoms with E-state index in [-0.39, 0.29) is 0 Å². The minimum atomic E-state index is -3.33. The standard InChI is InChI=1S/C14H22N2O2S2/c1-14(2)6-11(14)8-16-20(17,18)13-5-10(9-19-13)7-15-12-3-4-12/h5,9,11-12,15-16H,3-4,6-8H2,1-2H3. The molecule has 6 heteroatoms. The van der Waals surface area contributed by atoms with Gasteiger partial charge in [0.25, 0.3) is 0 Å². The van der Waals surface area contributed by atoms with Crippen LogP contribution in [0, 0.1) is 11.3 Å². The Morgan fingerprint density at radius 1 is 1.40 bits per heavy atom. The van der Waals surface area contributed by atoms with Crippen molar-refractivity contribution in [3.63, 3.8) is 0 Å². The first-order valence-electron chi connectivity index (χ1n) is 7.17. The first kappa shape index (κ1) is 14.5. The van der Waals surface area contributed by atoms with E-state index in [1.165, 1.54) is 24.2 Å². The highest BCUT2D eigenvalue weighted by atomic mass is 32.2. The Morgan fingerprint density at radius 3 is 2.70 bits per heavy atom. The summed E-state index contributed by atoms with van der Waals surface area (Å²) in [6, 6.07) is 2.44. The number of hydrogen-bond donors (Lipinski definition) is 2. The molecule has 1 atom stereocenters. The van der Waals surface area contributed by atoms with Gasteiger partial charge in [0.05, 0.1) is 0 Å². The number of hydrogen-bond acceptors (Lipinski definition) is 4. The highest BCUT2D eigenvalue weighted by Crippen LogP contribution is 2.51. The summed E-state index contributed by atoms with van der Waals surface area (Å²) < 4.78 is 27.6. The maximum Gasteiger partial charge on any atom is 0.250 e. The summed E-state index contributed by atoms with van der Waals surface area (Å²) in [5, 5.41) is 5.34. The second kappa shape index (κ2) is 5.09. The summed E-state index contributed by atoms with van der Waals surface area (Å²) in [7, 11) is -3.33. The van der Waals surface area contributed by atoms with Crippen LogP contribution in [0.5, 0.6) is 0 Å². The Hall–Kier alpha value is -0.430. The molecule has 1 aromatic rings. The highest BCUT2D eigenvalue weighted by molar-refractivity contribution is 7.91. The third kappa shape index (κ3) is 3.42. The van der Waals surface area contributed by atoms with Gasteiger partial charge >= 0.3 is 0 Å². The quantitative estimate of drug-likeness (QED) is 0.812. The summed E-state index contributed by atoms with van der Waals surface area (Å²) in [6.45, 7) is 5.69. The molecule has 2 fully saturated rings. The van der Waals surface area contributed by atoms with Crippen molar-refractivity contribution in [3.8, 4) is 0 Å². The first-order chi connectivity index (χ1) is 9.37. The van der Waals surface area contributed by atoms with Gasteiger partial charge in [-0.1, -0.05) is 13.8 Å². The molecule has 20 heavy (non-hydrogen) atoms. The Morgan fingerprint density at radius 2 is 2.10 bits per heavy atom. The summed E-state index contributed by atoms with van der Waals surface area (Å²) in [5.74, 6) is 0.480. The second-order valence-corrected chi connectivity index (χ2v) is 9.58. The lowest BCUT2D eigenvalue weighted by Crippen LogP contribution is -2.26. The molecular formula is C14H22N2O2S2. The topological polar surface area (TPSA) is 58.2 Å². The molecule has 0 bridgehead atoms. The van der Waals surface area contributed by atoms with Gasteiger partial charge in [-0.3, -0.25) is 0 Å². The predicted octanol–water partition coefficient (Wildman–Crippen LogP) is 2.32. The third-order valence-electron chi connectivity index (χ3n) is 4.30. The van der Waals surface area contributed by atoms with Gasteiger partial charge in [0, 0.05) is 19.1 Å². The Balaban J connectivity index is 1.56. The zero-order valence-corrected chi connectivity index (χ0v) is 13.6.